The first-order valence-corrected chi connectivity index (χ1v) is 4.75. The summed E-state index contributed by atoms with van der Waals surface area (Å²) in [4.78, 5) is 10.6. The summed E-state index contributed by atoms with van der Waals surface area (Å²) in [5.41, 5.74) is 1.09. The molecule has 0 aromatic heterocycles. The van der Waals surface area contributed by atoms with Crippen molar-refractivity contribution in [3.8, 4) is 0 Å². The van der Waals surface area contributed by atoms with Gasteiger partial charge in [-0.15, -0.1) is 0 Å². The van der Waals surface area contributed by atoms with Crippen LogP contribution in [0.25, 0.3) is 6.08 Å². The highest BCUT2D eigenvalue weighted by atomic mass is 16.5. The molecule has 0 aliphatic rings. The van der Waals surface area contributed by atoms with Crippen molar-refractivity contribution in [1.82, 2.24) is 0 Å². The number of carbonyl (C=O) groups is 1. The summed E-state index contributed by atoms with van der Waals surface area (Å²) in [6.07, 6.45) is 3.75. The lowest BCUT2D eigenvalue weighted by atomic mass is 10.2. The Morgan fingerprint density at radius 1 is 1.33 bits per heavy atom. The Balaban J connectivity index is 2.20. The summed E-state index contributed by atoms with van der Waals surface area (Å²) in [5, 5.41) is 8.42. The Kier molecular flexibility index (Phi) is 5.37. The Bertz CT molecular complexity index is 317. The van der Waals surface area contributed by atoms with Crippen LogP contribution in [0.1, 0.15) is 5.56 Å². The van der Waals surface area contributed by atoms with E-state index in [9.17, 15) is 4.79 Å². The van der Waals surface area contributed by atoms with Crippen LogP contribution in [-0.4, -0.2) is 30.7 Å². The molecular weight excluding hydrogens is 192 g/mol. The number of hydrogen-bond donors (Lipinski definition) is 1. The second kappa shape index (κ2) is 6.92. The molecule has 0 fully saturated rings. The lowest BCUT2D eigenvalue weighted by Gasteiger charge is -1.97. The Morgan fingerprint density at radius 2 is 2.07 bits per heavy atom. The van der Waals surface area contributed by atoms with E-state index in [-0.39, 0.29) is 12.4 Å². The molecule has 0 aliphatic carbocycles. The molecule has 1 aromatic carbocycles. The van der Waals surface area contributed by atoms with Gasteiger partial charge in [0, 0.05) is 0 Å². The molecule has 3 heteroatoms. The second-order valence-electron chi connectivity index (χ2n) is 3.02. The quantitative estimate of drug-likeness (QED) is 0.713. The van der Waals surface area contributed by atoms with Gasteiger partial charge in [0.05, 0.1) is 6.61 Å². The molecule has 0 aliphatic heterocycles. The van der Waals surface area contributed by atoms with E-state index in [0.29, 0.717) is 6.61 Å². The van der Waals surface area contributed by atoms with E-state index in [0.717, 1.165) is 5.56 Å². The number of hydrogen-bond acceptors (Lipinski definition) is 3. The van der Waals surface area contributed by atoms with Gasteiger partial charge in [0.25, 0.3) is 0 Å². The Labute approximate surface area is 89.0 Å². The SMILES string of the molecule is O=C(CO)COCC=Cc1ccccc1. The average Bonchev–Trinajstić information content (AvgIpc) is 2.29. The van der Waals surface area contributed by atoms with Crippen molar-refractivity contribution in [3.63, 3.8) is 0 Å². The van der Waals surface area contributed by atoms with Crippen molar-refractivity contribution in [2.45, 2.75) is 0 Å². The van der Waals surface area contributed by atoms with Gasteiger partial charge in [-0.05, 0) is 5.56 Å². The van der Waals surface area contributed by atoms with Gasteiger partial charge in [-0.25, -0.2) is 0 Å². The van der Waals surface area contributed by atoms with Crippen molar-refractivity contribution in [3.05, 3.63) is 42.0 Å². The van der Waals surface area contributed by atoms with E-state index in [2.05, 4.69) is 0 Å². The molecule has 0 unspecified atom stereocenters. The Morgan fingerprint density at radius 3 is 2.73 bits per heavy atom. The van der Waals surface area contributed by atoms with Crippen LogP contribution in [-0.2, 0) is 9.53 Å². The van der Waals surface area contributed by atoms with Gasteiger partial charge >= 0.3 is 0 Å². The standard InChI is InChI=1S/C12H14O3/c13-9-12(14)10-15-8-4-7-11-5-2-1-3-6-11/h1-7,13H,8-10H2. The molecule has 0 amide bonds. The minimum atomic E-state index is -0.456. The van der Waals surface area contributed by atoms with Crippen LogP contribution in [0.5, 0.6) is 0 Å². The third-order valence-electron chi connectivity index (χ3n) is 1.76. The molecule has 1 N–H and O–H groups in total. The van der Waals surface area contributed by atoms with Crippen molar-refractivity contribution in [2.24, 2.45) is 0 Å². The van der Waals surface area contributed by atoms with Crippen molar-refractivity contribution in [1.29, 1.82) is 0 Å². The third kappa shape index (κ3) is 5.10. The monoisotopic (exact) mass is 206 g/mol. The smallest absolute Gasteiger partial charge is 0.183 e. The van der Waals surface area contributed by atoms with Gasteiger partial charge in [0.1, 0.15) is 13.2 Å². The normalized spacial score (nSPS) is 10.7. The predicted molar refractivity (Wildman–Crippen MR) is 58.4 cm³/mol. The highest BCUT2D eigenvalue weighted by Crippen LogP contribution is 2.00. The largest absolute Gasteiger partial charge is 0.388 e. The number of ether oxygens (including phenoxy) is 1. The van der Waals surface area contributed by atoms with E-state index in [1.807, 2.05) is 42.5 Å². The fourth-order valence-corrected chi connectivity index (χ4v) is 1.03. The summed E-state index contributed by atoms with van der Waals surface area (Å²) in [7, 11) is 0. The minimum absolute atomic E-state index is 0.0321. The number of rotatable bonds is 6. The summed E-state index contributed by atoms with van der Waals surface area (Å²) in [6, 6.07) is 9.82. The highest BCUT2D eigenvalue weighted by Gasteiger charge is 1.96. The maximum absolute atomic E-state index is 10.6. The molecule has 3 nitrogen and oxygen atoms in total. The van der Waals surface area contributed by atoms with E-state index >= 15 is 0 Å². The van der Waals surface area contributed by atoms with Gasteiger partial charge < -0.3 is 9.84 Å². The van der Waals surface area contributed by atoms with Crippen molar-refractivity contribution < 1.29 is 14.6 Å². The molecule has 1 rings (SSSR count). The zero-order valence-electron chi connectivity index (χ0n) is 8.43. The van der Waals surface area contributed by atoms with Crippen LogP contribution in [0.4, 0.5) is 0 Å². The number of carbonyl (C=O) groups excluding carboxylic acids is 1. The molecule has 0 heterocycles. The van der Waals surface area contributed by atoms with Gasteiger partial charge in [-0.1, -0.05) is 42.5 Å². The number of benzene rings is 1. The summed E-state index contributed by atoms with van der Waals surface area (Å²) in [6.45, 7) is -0.112. The van der Waals surface area contributed by atoms with Crippen LogP contribution in [0.15, 0.2) is 36.4 Å². The highest BCUT2D eigenvalue weighted by molar-refractivity contribution is 5.80. The van der Waals surface area contributed by atoms with E-state index in [1.54, 1.807) is 0 Å². The molecule has 0 bridgehead atoms. The van der Waals surface area contributed by atoms with Crippen LogP contribution >= 0.6 is 0 Å². The third-order valence-corrected chi connectivity index (χ3v) is 1.76. The first-order chi connectivity index (χ1) is 7.33. The second-order valence-corrected chi connectivity index (χ2v) is 3.02. The topological polar surface area (TPSA) is 46.5 Å². The number of ketones is 1. The van der Waals surface area contributed by atoms with Gasteiger partial charge in [-0.3, -0.25) is 4.79 Å². The fraction of sp³-hybridized carbons (Fsp3) is 0.250. The molecule has 15 heavy (non-hydrogen) atoms. The summed E-state index contributed by atoms with van der Waals surface area (Å²) >= 11 is 0. The summed E-state index contributed by atoms with van der Waals surface area (Å²) < 4.78 is 5.01. The first kappa shape index (κ1) is 11.6. The van der Waals surface area contributed by atoms with Crippen molar-refractivity contribution >= 4 is 11.9 Å². The van der Waals surface area contributed by atoms with E-state index in [1.165, 1.54) is 0 Å². The molecule has 0 saturated carbocycles. The molecule has 80 valence electrons. The van der Waals surface area contributed by atoms with Gasteiger partial charge in [0.15, 0.2) is 5.78 Å². The maximum Gasteiger partial charge on any atom is 0.183 e. The van der Waals surface area contributed by atoms with Crippen LogP contribution in [0.3, 0.4) is 0 Å². The van der Waals surface area contributed by atoms with Crippen LogP contribution in [0.2, 0.25) is 0 Å². The minimum Gasteiger partial charge on any atom is -0.388 e. The molecule has 1 aromatic rings. The maximum atomic E-state index is 10.6. The average molecular weight is 206 g/mol. The zero-order chi connectivity index (χ0) is 10.9. The van der Waals surface area contributed by atoms with E-state index in [4.69, 9.17) is 9.84 Å². The first-order valence-electron chi connectivity index (χ1n) is 4.75. The fourth-order valence-electron chi connectivity index (χ4n) is 1.03. The molecule has 0 spiro atoms. The number of Topliss-reactive ketones (excluding diaryl/α,β-unsaturated/α-hetero) is 1. The van der Waals surface area contributed by atoms with Gasteiger partial charge in [0.2, 0.25) is 0 Å². The molecule has 0 radical (unpaired) electrons. The van der Waals surface area contributed by atoms with Crippen molar-refractivity contribution in [2.75, 3.05) is 19.8 Å². The van der Waals surface area contributed by atoms with Crippen LogP contribution < -0.4 is 0 Å². The lowest BCUT2D eigenvalue weighted by Crippen LogP contribution is -2.12. The van der Waals surface area contributed by atoms with Gasteiger partial charge in [-0.2, -0.15) is 0 Å². The lowest BCUT2D eigenvalue weighted by molar-refractivity contribution is -0.125. The molecule has 0 saturated heterocycles. The zero-order valence-corrected chi connectivity index (χ0v) is 8.43. The Hall–Kier alpha value is -1.45. The molecular formula is C12H14O3. The molecule has 0 atom stereocenters. The van der Waals surface area contributed by atoms with Crippen LogP contribution in [0, 0.1) is 0 Å². The summed E-state index contributed by atoms with van der Waals surface area (Å²) in [5.74, 6) is -0.303. The number of aliphatic hydroxyl groups excluding tert-OH is 1. The predicted octanol–water partition coefficient (Wildman–Crippen LogP) is 1.28. The van der Waals surface area contributed by atoms with E-state index < -0.39 is 6.61 Å². The number of aliphatic hydroxyl groups is 1.